The van der Waals surface area contributed by atoms with E-state index in [0.717, 1.165) is 6.42 Å². The van der Waals surface area contributed by atoms with Gasteiger partial charge in [0.05, 0.1) is 5.60 Å². The SMILES string of the molecule is CCCC(O)(CN)C(C)(C)N. The molecule has 0 saturated heterocycles. The minimum atomic E-state index is -0.915. The zero-order valence-electron chi connectivity index (χ0n) is 7.72. The van der Waals surface area contributed by atoms with Crippen LogP contribution in [0, 0.1) is 0 Å². The highest BCUT2D eigenvalue weighted by Gasteiger charge is 2.38. The van der Waals surface area contributed by atoms with Crippen molar-refractivity contribution in [2.24, 2.45) is 11.5 Å². The van der Waals surface area contributed by atoms with Crippen molar-refractivity contribution in [2.45, 2.75) is 44.8 Å². The topological polar surface area (TPSA) is 72.3 Å². The molecule has 0 bridgehead atoms. The quantitative estimate of drug-likeness (QED) is 0.550. The Balaban J connectivity index is 4.33. The molecule has 0 aromatic carbocycles. The van der Waals surface area contributed by atoms with E-state index < -0.39 is 11.1 Å². The Hall–Kier alpha value is -0.120. The lowest BCUT2D eigenvalue weighted by Gasteiger charge is -2.39. The Bertz CT molecular complexity index is 120. The van der Waals surface area contributed by atoms with E-state index in [9.17, 15) is 5.11 Å². The zero-order valence-corrected chi connectivity index (χ0v) is 7.72. The van der Waals surface area contributed by atoms with E-state index in [1.54, 1.807) is 13.8 Å². The molecule has 3 nitrogen and oxygen atoms in total. The molecule has 0 spiro atoms. The van der Waals surface area contributed by atoms with Crippen molar-refractivity contribution < 1.29 is 5.11 Å². The molecule has 0 radical (unpaired) electrons. The van der Waals surface area contributed by atoms with Gasteiger partial charge in [-0.2, -0.15) is 0 Å². The third-order valence-electron chi connectivity index (χ3n) is 2.20. The average Bonchev–Trinajstić information content (AvgIpc) is 1.86. The summed E-state index contributed by atoms with van der Waals surface area (Å²) in [7, 11) is 0. The Kier molecular flexibility index (Phi) is 3.48. The number of rotatable bonds is 4. The highest BCUT2D eigenvalue weighted by molar-refractivity contribution is 4.97. The Morgan fingerprint density at radius 2 is 1.82 bits per heavy atom. The average molecular weight is 160 g/mol. The van der Waals surface area contributed by atoms with Crippen LogP contribution in [0.4, 0.5) is 0 Å². The Labute approximate surface area is 68.8 Å². The molecule has 0 rings (SSSR count). The van der Waals surface area contributed by atoms with Crippen LogP contribution in [0.25, 0.3) is 0 Å². The second kappa shape index (κ2) is 3.52. The molecule has 0 saturated carbocycles. The van der Waals surface area contributed by atoms with E-state index in [4.69, 9.17) is 11.5 Å². The van der Waals surface area contributed by atoms with Crippen LogP contribution in [0.3, 0.4) is 0 Å². The van der Waals surface area contributed by atoms with Crippen LogP contribution in [-0.4, -0.2) is 22.8 Å². The summed E-state index contributed by atoms with van der Waals surface area (Å²) in [6.45, 7) is 5.84. The molecule has 5 N–H and O–H groups in total. The molecule has 0 aliphatic heterocycles. The summed E-state index contributed by atoms with van der Waals surface area (Å²) < 4.78 is 0. The molecule has 0 aliphatic carbocycles. The van der Waals surface area contributed by atoms with Crippen molar-refractivity contribution in [2.75, 3.05) is 6.54 Å². The summed E-state index contributed by atoms with van der Waals surface area (Å²) in [5.74, 6) is 0. The van der Waals surface area contributed by atoms with Gasteiger partial charge in [-0.1, -0.05) is 13.3 Å². The largest absolute Gasteiger partial charge is 0.387 e. The molecule has 0 heterocycles. The fraction of sp³-hybridized carbons (Fsp3) is 1.00. The maximum Gasteiger partial charge on any atom is 0.0942 e. The molecule has 0 aromatic rings. The van der Waals surface area contributed by atoms with Crippen LogP contribution in [0.2, 0.25) is 0 Å². The molecule has 0 aliphatic rings. The van der Waals surface area contributed by atoms with Crippen molar-refractivity contribution in [3.8, 4) is 0 Å². The number of aliphatic hydroxyl groups is 1. The van der Waals surface area contributed by atoms with Gasteiger partial charge < -0.3 is 16.6 Å². The van der Waals surface area contributed by atoms with Gasteiger partial charge >= 0.3 is 0 Å². The maximum absolute atomic E-state index is 9.91. The lowest BCUT2D eigenvalue weighted by molar-refractivity contribution is -0.0210. The number of nitrogens with two attached hydrogens (primary N) is 2. The Morgan fingerprint density at radius 1 is 1.36 bits per heavy atom. The first kappa shape index (κ1) is 10.9. The first-order chi connectivity index (χ1) is 4.87. The van der Waals surface area contributed by atoms with Crippen LogP contribution in [0.5, 0.6) is 0 Å². The molecule has 0 aromatic heterocycles. The molecule has 3 heteroatoms. The molecule has 68 valence electrons. The molecule has 11 heavy (non-hydrogen) atoms. The van der Waals surface area contributed by atoms with E-state index in [-0.39, 0.29) is 6.54 Å². The molecule has 1 unspecified atom stereocenters. The lowest BCUT2D eigenvalue weighted by Crippen LogP contribution is -2.60. The summed E-state index contributed by atoms with van der Waals surface area (Å²) in [4.78, 5) is 0. The van der Waals surface area contributed by atoms with E-state index in [0.29, 0.717) is 6.42 Å². The zero-order chi connectivity index (χ0) is 9.12. The Morgan fingerprint density at radius 3 is 1.91 bits per heavy atom. The van der Waals surface area contributed by atoms with Crippen LogP contribution in [-0.2, 0) is 0 Å². The van der Waals surface area contributed by atoms with Crippen molar-refractivity contribution in [3.05, 3.63) is 0 Å². The highest BCUT2D eigenvalue weighted by atomic mass is 16.3. The van der Waals surface area contributed by atoms with Crippen LogP contribution < -0.4 is 11.5 Å². The number of hydrogen-bond acceptors (Lipinski definition) is 3. The summed E-state index contributed by atoms with van der Waals surface area (Å²) in [5, 5.41) is 9.91. The first-order valence-electron chi connectivity index (χ1n) is 4.08. The molecule has 0 amide bonds. The van der Waals surface area contributed by atoms with E-state index >= 15 is 0 Å². The minimum absolute atomic E-state index is 0.227. The van der Waals surface area contributed by atoms with Gasteiger partial charge in [-0.25, -0.2) is 0 Å². The fourth-order valence-corrected chi connectivity index (χ4v) is 1.10. The van der Waals surface area contributed by atoms with E-state index in [1.807, 2.05) is 6.92 Å². The summed E-state index contributed by atoms with van der Waals surface area (Å²) >= 11 is 0. The van der Waals surface area contributed by atoms with Crippen LogP contribution >= 0.6 is 0 Å². The molecular weight excluding hydrogens is 140 g/mol. The molecular formula is C8H20N2O. The lowest BCUT2D eigenvalue weighted by atomic mass is 9.80. The van der Waals surface area contributed by atoms with Crippen molar-refractivity contribution >= 4 is 0 Å². The van der Waals surface area contributed by atoms with Crippen LogP contribution in [0.15, 0.2) is 0 Å². The standard InChI is InChI=1S/C8H20N2O/c1-4-5-8(11,6-9)7(2,3)10/h11H,4-6,9-10H2,1-3H3. The molecule has 1 atom stereocenters. The maximum atomic E-state index is 9.91. The first-order valence-corrected chi connectivity index (χ1v) is 4.08. The minimum Gasteiger partial charge on any atom is -0.387 e. The van der Waals surface area contributed by atoms with Crippen molar-refractivity contribution in [1.29, 1.82) is 0 Å². The second-order valence-corrected chi connectivity index (χ2v) is 3.71. The second-order valence-electron chi connectivity index (χ2n) is 3.71. The van der Waals surface area contributed by atoms with Gasteiger partial charge in [0.25, 0.3) is 0 Å². The predicted molar refractivity (Wildman–Crippen MR) is 47.2 cm³/mol. The predicted octanol–water partition coefficient (Wildman–Crippen LogP) is 0.214. The third-order valence-corrected chi connectivity index (χ3v) is 2.20. The van der Waals surface area contributed by atoms with Gasteiger partial charge in [0.2, 0.25) is 0 Å². The van der Waals surface area contributed by atoms with Crippen molar-refractivity contribution in [3.63, 3.8) is 0 Å². The summed E-state index contributed by atoms with van der Waals surface area (Å²) in [6.07, 6.45) is 1.56. The van der Waals surface area contributed by atoms with E-state index in [2.05, 4.69) is 0 Å². The van der Waals surface area contributed by atoms with Gasteiger partial charge in [-0.15, -0.1) is 0 Å². The fourth-order valence-electron chi connectivity index (χ4n) is 1.10. The van der Waals surface area contributed by atoms with Gasteiger partial charge in [-0.3, -0.25) is 0 Å². The smallest absolute Gasteiger partial charge is 0.0942 e. The van der Waals surface area contributed by atoms with Gasteiger partial charge in [-0.05, 0) is 20.3 Å². The summed E-state index contributed by atoms with van der Waals surface area (Å²) in [5.41, 5.74) is 9.70. The van der Waals surface area contributed by atoms with Crippen LogP contribution in [0.1, 0.15) is 33.6 Å². The van der Waals surface area contributed by atoms with Crippen molar-refractivity contribution in [1.82, 2.24) is 0 Å². The van der Waals surface area contributed by atoms with Gasteiger partial charge in [0, 0.05) is 12.1 Å². The van der Waals surface area contributed by atoms with E-state index in [1.165, 1.54) is 0 Å². The molecule has 0 fully saturated rings. The summed E-state index contributed by atoms with van der Waals surface area (Å²) in [6, 6.07) is 0. The van der Waals surface area contributed by atoms with Gasteiger partial charge in [0.15, 0.2) is 0 Å². The third kappa shape index (κ3) is 2.43. The normalized spacial score (nSPS) is 18.0. The highest BCUT2D eigenvalue weighted by Crippen LogP contribution is 2.23. The number of hydrogen-bond donors (Lipinski definition) is 3. The van der Waals surface area contributed by atoms with Gasteiger partial charge in [0.1, 0.15) is 0 Å². The monoisotopic (exact) mass is 160 g/mol.